The number of carbonyl (C=O) groups excluding carboxylic acids is 1. The molecule has 0 saturated heterocycles. The Hall–Kier alpha value is -3.32. The van der Waals surface area contributed by atoms with E-state index >= 15 is 0 Å². The van der Waals surface area contributed by atoms with E-state index in [2.05, 4.69) is 30.1 Å². The van der Waals surface area contributed by atoms with Crippen molar-refractivity contribution < 1.29 is 9.53 Å². The first-order chi connectivity index (χ1) is 18.2. The van der Waals surface area contributed by atoms with Crippen molar-refractivity contribution in [2.24, 2.45) is 11.1 Å². The van der Waals surface area contributed by atoms with Crippen LogP contribution in [-0.4, -0.2) is 23.1 Å². The second kappa shape index (κ2) is 10.4. The van der Waals surface area contributed by atoms with Crippen LogP contribution >= 0.6 is 34.7 Å². The molecule has 1 aromatic heterocycles. The Balaban J connectivity index is 1.59. The number of halogens is 1. The van der Waals surface area contributed by atoms with Gasteiger partial charge in [-0.15, -0.1) is 10.2 Å². The number of anilines is 1. The van der Waals surface area contributed by atoms with Gasteiger partial charge in [0, 0.05) is 34.0 Å². The molecular formula is C28H26ClN5O2S2. The van der Waals surface area contributed by atoms with Gasteiger partial charge < -0.3 is 10.5 Å². The van der Waals surface area contributed by atoms with E-state index in [0.29, 0.717) is 45.6 Å². The van der Waals surface area contributed by atoms with E-state index in [4.69, 9.17) is 22.1 Å². The highest BCUT2D eigenvalue weighted by molar-refractivity contribution is 8.00. The summed E-state index contributed by atoms with van der Waals surface area (Å²) in [6, 6.07) is 17.4. The third-order valence-electron chi connectivity index (χ3n) is 6.73. The van der Waals surface area contributed by atoms with Crippen LogP contribution in [0.1, 0.15) is 43.7 Å². The van der Waals surface area contributed by atoms with E-state index in [1.54, 1.807) is 12.0 Å². The molecule has 2 N–H and O–H groups in total. The summed E-state index contributed by atoms with van der Waals surface area (Å²) < 4.78 is 6.35. The number of nitrogens with zero attached hydrogens (tertiary/aromatic N) is 4. The normalized spacial score (nSPS) is 18.9. The van der Waals surface area contributed by atoms with Crippen molar-refractivity contribution in [2.45, 2.75) is 42.7 Å². The number of rotatable bonds is 6. The number of para-hydroxylation sites is 1. The molecule has 7 nitrogen and oxygen atoms in total. The molecule has 5 rings (SSSR count). The molecule has 1 atom stereocenters. The molecule has 1 aliphatic carbocycles. The maximum Gasteiger partial charge on any atom is 0.219 e. The van der Waals surface area contributed by atoms with Crippen LogP contribution in [-0.2, 0) is 10.5 Å². The molecule has 1 unspecified atom stereocenters. The minimum absolute atomic E-state index is 0.00441. The predicted octanol–water partition coefficient (Wildman–Crippen LogP) is 6.43. The molecule has 2 heterocycles. The largest absolute Gasteiger partial charge is 0.496 e. The minimum Gasteiger partial charge on any atom is -0.496 e. The number of hydrogen-bond donors (Lipinski definition) is 1. The summed E-state index contributed by atoms with van der Waals surface area (Å²) in [5.41, 5.74) is 9.82. The van der Waals surface area contributed by atoms with Gasteiger partial charge in [-0.1, -0.05) is 84.9 Å². The van der Waals surface area contributed by atoms with Crippen LogP contribution in [0, 0.1) is 16.7 Å². The molecule has 38 heavy (non-hydrogen) atoms. The second-order valence-electron chi connectivity index (χ2n) is 9.95. The van der Waals surface area contributed by atoms with Gasteiger partial charge in [0.1, 0.15) is 11.6 Å². The van der Waals surface area contributed by atoms with Gasteiger partial charge in [0.05, 0.1) is 24.7 Å². The maximum atomic E-state index is 13.7. The van der Waals surface area contributed by atoms with Crippen LogP contribution < -0.4 is 15.4 Å². The number of thioether (sulfide) groups is 1. The van der Waals surface area contributed by atoms with Crippen molar-refractivity contribution in [3.63, 3.8) is 0 Å². The van der Waals surface area contributed by atoms with Gasteiger partial charge in [-0.3, -0.25) is 9.69 Å². The van der Waals surface area contributed by atoms with Gasteiger partial charge in [-0.25, -0.2) is 0 Å². The van der Waals surface area contributed by atoms with Crippen LogP contribution in [0.2, 0.25) is 5.02 Å². The van der Waals surface area contributed by atoms with Crippen molar-refractivity contribution in [1.82, 2.24) is 10.2 Å². The average Bonchev–Trinajstić information content (AvgIpc) is 3.35. The number of methoxy groups -OCH3 is 1. The van der Waals surface area contributed by atoms with Crippen LogP contribution in [0.15, 0.2) is 75.5 Å². The number of benzene rings is 2. The number of nitriles is 1. The SMILES string of the molecule is COc1ccccc1C1C(C#N)=C(N)N(c2nnc(SCc3ccccc3Cl)s2)C2=C1C(=O)CC(C)(C)C2. The van der Waals surface area contributed by atoms with Gasteiger partial charge in [0.15, 0.2) is 10.1 Å². The van der Waals surface area contributed by atoms with Crippen LogP contribution in [0.25, 0.3) is 0 Å². The Morgan fingerprint density at radius 1 is 1.21 bits per heavy atom. The highest BCUT2D eigenvalue weighted by atomic mass is 35.5. The summed E-state index contributed by atoms with van der Waals surface area (Å²) in [5, 5.41) is 20.3. The highest BCUT2D eigenvalue weighted by Gasteiger charge is 2.46. The molecule has 0 radical (unpaired) electrons. The van der Waals surface area contributed by atoms with Gasteiger partial charge in [0.25, 0.3) is 0 Å². The van der Waals surface area contributed by atoms with Gasteiger partial charge in [-0.05, 0) is 29.5 Å². The molecule has 194 valence electrons. The average molecular weight is 564 g/mol. The Labute approximate surface area is 235 Å². The Kier molecular flexibility index (Phi) is 7.23. The van der Waals surface area contributed by atoms with Crippen LogP contribution in [0.4, 0.5) is 5.13 Å². The number of ketones is 1. The summed E-state index contributed by atoms with van der Waals surface area (Å²) in [7, 11) is 1.58. The topological polar surface area (TPSA) is 105 Å². The van der Waals surface area contributed by atoms with Crippen molar-refractivity contribution in [3.8, 4) is 11.8 Å². The van der Waals surface area contributed by atoms with Gasteiger partial charge >= 0.3 is 0 Å². The first-order valence-corrected chi connectivity index (χ1v) is 14.2. The first kappa shape index (κ1) is 26.3. The lowest BCUT2D eigenvalue weighted by atomic mass is 9.68. The zero-order valence-electron chi connectivity index (χ0n) is 21.2. The molecule has 0 amide bonds. The number of allylic oxidation sites excluding steroid dienone is 3. The summed E-state index contributed by atoms with van der Waals surface area (Å²) >= 11 is 9.21. The third kappa shape index (κ3) is 4.80. The zero-order valence-corrected chi connectivity index (χ0v) is 23.6. The first-order valence-electron chi connectivity index (χ1n) is 12.0. The number of carbonyl (C=O) groups is 1. The Morgan fingerprint density at radius 3 is 2.68 bits per heavy atom. The molecule has 1 aliphatic heterocycles. The lowest BCUT2D eigenvalue weighted by molar-refractivity contribution is -0.118. The monoisotopic (exact) mass is 563 g/mol. The molecule has 0 spiro atoms. The fourth-order valence-corrected chi connectivity index (χ4v) is 7.22. The van der Waals surface area contributed by atoms with Crippen molar-refractivity contribution in [2.75, 3.05) is 12.0 Å². The van der Waals surface area contributed by atoms with Gasteiger partial charge in [-0.2, -0.15) is 5.26 Å². The number of ether oxygens (including phenoxy) is 1. The molecule has 0 fully saturated rings. The predicted molar refractivity (Wildman–Crippen MR) is 151 cm³/mol. The van der Waals surface area contributed by atoms with E-state index in [1.807, 2.05) is 48.5 Å². The van der Waals surface area contributed by atoms with E-state index < -0.39 is 5.92 Å². The Morgan fingerprint density at radius 2 is 1.95 bits per heavy atom. The molecular weight excluding hydrogens is 538 g/mol. The van der Waals surface area contributed by atoms with E-state index in [9.17, 15) is 10.1 Å². The second-order valence-corrected chi connectivity index (χ2v) is 12.5. The van der Waals surface area contributed by atoms with Crippen molar-refractivity contribution in [3.05, 3.63) is 87.3 Å². The van der Waals surface area contributed by atoms with E-state index in [1.165, 1.54) is 23.1 Å². The highest BCUT2D eigenvalue weighted by Crippen LogP contribution is 2.52. The standard InChI is InChI=1S/C28H26ClN5O2S2/c1-28(2)12-20-24(21(35)13-28)23(17-9-5-7-11-22(17)36-3)18(14-30)25(31)34(20)26-32-33-27(38-26)37-15-16-8-4-6-10-19(16)29/h4-11,23H,12-13,15,31H2,1-3H3. The fraction of sp³-hybridized carbons (Fsp3) is 0.286. The quantitative estimate of drug-likeness (QED) is 0.342. The Bertz CT molecular complexity index is 1520. The summed E-state index contributed by atoms with van der Waals surface area (Å²) in [6.07, 6.45) is 0.972. The summed E-state index contributed by atoms with van der Waals surface area (Å²) in [5.74, 6) is 0.873. The number of hydrogen-bond acceptors (Lipinski definition) is 9. The smallest absolute Gasteiger partial charge is 0.219 e. The number of Topliss-reactive ketones (excluding diaryl/α,β-unsaturated/α-hetero) is 1. The molecule has 2 aliphatic rings. The lowest BCUT2D eigenvalue weighted by Gasteiger charge is -2.42. The van der Waals surface area contributed by atoms with Crippen LogP contribution in [0.5, 0.6) is 5.75 Å². The third-order valence-corrected chi connectivity index (χ3v) is 9.19. The van der Waals surface area contributed by atoms with Crippen molar-refractivity contribution in [1.29, 1.82) is 5.26 Å². The van der Waals surface area contributed by atoms with E-state index in [-0.39, 0.29) is 17.0 Å². The molecule has 0 bridgehead atoms. The number of nitrogens with two attached hydrogens (primary N) is 1. The fourth-order valence-electron chi connectivity index (χ4n) is 5.05. The zero-order chi connectivity index (χ0) is 27.0. The summed E-state index contributed by atoms with van der Waals surface area (Å²) in [4.78, 5) is 15.5. The van der Waals surface area contributed by atoms with E-state index in [0.717, 1.165) is 21.2 Å². The molecule has 0 saturated carbocycles. The molecule has 3 aromatic rings. The van der Waals surface area contributed by atoms with Crippen LogP contribution in [0.3, 0.4) is 0 Å². The number of aromatic nitrogens is 2. The van der Waals surface area contributed by atoms with Crippen molar-refractivity contribution >= 4 is 45.6 Å². The molecule has 2 aromatic carbocycles. The van der Waals surface area contributed by atoms with Gasteiger partial charge in [0.2, 0.25) is 5.13 Å². The lowest BCUT2D eigenvalue weighted by Crippen LogP contribution is -2.42. The summed E-state index contributed by atoms with van der Waals surface area (Å²) in [6.45, 7) is 4.13. The maximum absolute atomic E-state index is 13.7. The molecule has 10 heteroatoms. The minimum atomic E-state index is -0.618.